The molecule has 0 amide bonds. The van der Waals surface area contributed by atoms with Crippen molar-refractivity contribution in [2.75, 3.05) is 0 Å². The predicted octanol–water partition coefficient (Wildman–Crippen LogP) is 3.22. The van der Waals surface area contributed by atoms with Crippen LogP contribution in [-0.2, 0) is 14.9 Å². The predicted molar refractivity (Wildman–Crippen MR) is 93.4 cm³/mol. The Morgan fingerprint density at radius 2 is 1.85 bits per heavy atom. The summed E-state index contributed by atoms with van der Waals surface area (Å²) in [7, 11) is 0. The van der Waals surface area contributed by atoms with Crippen molar-refractivity contribution in [2.24, 2.45) is 11.1 Å². The molecule has 26 heavy (non-hydrogen) atoms. The number of allylic oxidation sites excluding steroid dienone is 3. The Kier molecular flexibility index (Phi) is 3.87. The van der Waals surface area contributed by atoms with E-state index in [1.54, 1.807) is 19.1 Å². The minimum Gasteiger partial charge on any atom is -0.444 e. The van der Waals surface area contributed by atoms with Gasteiger partial charge in [-0.15, -0.1) is 0 Å². The largest absolute Gasteiger partial charge is 0.444 e. The fourth-order valence-corrected chi connectivity index (χ4v) is 3.84. The van der Waals surface area contributed by atoms with Gasteiger partial charge in [-0.25, -0.2) is 0 Å². The van der Waals surface area contributed by atoms with Crippen molar-refractivity contribution in [3.05, 3.63) is 62.7 Å². The fraction of sp³-hybridized carbons (Fsp3) is 0.368. The minimum absolute atomic E-state index is 0.0300. The van der Waals surface area contributed by atoms with Crippen LogP contribution in [0.5, 0.6) is 0 Å². The summed E-state index contributed by atoms with van der Waals surface area (Å²) in [6, 6.07) is 7.91. The van der Waals surface area contributed by atoms with Crippen molar-refractivity contribution in [1.29, 1.82) is 5.26 Å². The Bertz CT molecular complexity index is 919. The lowest BCUT2D eigenvalue weighted by Gasteiger charge is -2.42. The van der Waals surface area contributed by atoms with Crippen molar-refractivity contribution < 1.29 is 14.5 Å². The molecule has 2 N–H and O–H groups in total. The Morgan fingerprint density at radius 1 is 1.23 bits per heavy atom. The molecule has 1 aromatic rings. The third-order valence-electron chi connectivity index (χ3n) is 5.08. The molecule has 0 fully saturated rings. The number of nitro benzene ring substituents is 1. The number of rotatable bonds is 2. The molecule has 3 rings (SSSR count). The molecule has 0 saturated carbocycles. The number of nitro groups is 1. The number of carbonyl (C=O) groups is 1. The van der Waals surface area contributed by atoms with Crippen LogP contribution in [0, 0.1) is 26.9 Å². The first-order valence-electron chi connectivity index (χ1n) is 8.20. The average Bonchev–Trinajstić information content (AvgIpc) is 2.53. The summed E-state index contributed by atoms with van der Waals surface area (Å²) in [5.74, 6) is 0.346. The Balaban J connectivity index is 2.24. The number of nitrogens with two attached hydrogens (primary N) is 1. The number of hydrogen-bond acceptors (Lipinski definition) is 6. The molecular weight excluding hydrogens is 334 g/mol. The van der Waals surface area contributed by atoms with Crippen molar-refractivity contribution in [2.45, 2.75) is 39.0 Å². The molecule has 0 saturated heterocycles. The van der Waals surface area contributed by atoms with Crippen LogP contribution in [-0.4, -0.2) is 10.7 Å². The molecular formula is C19H19N3O4. The number of nitrogens with zero attached hydrogens (tertiary/aromatic N) is 2. The normalized spacial score (nSPS) is 24.6. The van der Waals surface area contributed by atoms with E-state index < -0.39 is 10.3 Å². The highest BCUT2D eigenvalue weighted by Gasteiger charge is 2.50. The second kappa shape index (κ2) is 5.70. The van der Waals surface area contributed by atoms with Crippen molar-refractivity contribution >= 4 is 11.5 Å². The van der Waals surface area contributed by atoms with Gasteiger partial charge in [-0.1, -0.05) is 26.0 Å². The van der Waals surface area contributed by atoms with Crippen LogP contribution in [0.25, 0.3) is 0 Å². The van der Waals surface area contributed by atoms with Gasteiger partial charge in [0.25, 0.3) is 5.69 Å². The highest BCUT2D eigenvalue weighted by atomic mass is 16.6. The number of benzene rings is 1. The van der Waals surface area contributed by atoms with Gasteiger partial charge < -0.3 is 10.5 Å². The second-order valence-corrected chi connectivity index (χ2v) is 7.62. The summed E-state index contributed by atoms with van der Waals surface area (Å²) in [4.78, 5) is 23.4. The minimum atomic E-state index is -1.10. The zero-order valence-electron chi connectivity index (χ0n) is 14.8. The number of hydrogen-bond donors (Lipinski definition) is 1. The number of ether oxygens (including phenoxy) is 1. The number of non-ortho nitro benzene ring substituents is 1. The maximum Gasteiger partial charge on any atom is 0.269 e. The topological polar surface area (TPSA) is 119 Å². The zero-order chi connectivity index (χ0) is 19.3. The van der Waals surface area contributed by atoms with E-state index in [2.05, 4.69) is 6.07 Å². The second-order valence-electron chi connectivity index (χ2n) is 7.62. The maximum absolute atomic E-state index is 13.0. The SMILES string of the molecule is CC1(C)CC(=O)C2=C(C1)OC(N)=C(C#N)C2(C)c1ccc([N+](=O)[O-])cc1. The lowest BCUT2D eigenvalue weighted by Crippen LogP contribution is -2.42. The molecule has 0 radical (unpaired) electrons. The summed E-state index contributed by atoms with van der Waals surface area (Å²) in [5.41, 5.74) is 5.71. The van der Waals surface area contributed by atoms with Gasteiger partial charge in [-0.2, -0.15) is 5.26 Å². The summed E-state index contributed by atoms with van der Waals surface area (Å²) >= 11 is 0. The molecule has 1 aliphatic carbocycles. The molecule has 1 unspecified atom stereocenters. The van der Waals surface area contributed by atoms with E-state index in [0.29, 0.717) is 29.7 Å². The lowest BCUT2D eigenvalue weighted by molar-refractivity contribution is -0.384. The van der Waals surface area contributed by atoms with E-state index in [9.17, 15) is 20.2 Å². The van der Waals surface area contributed by atoms with Crippen LogP contribution in [0.1, 0.15) is 39.2 Å². The van der Waals surface area contributed by atoms with Gasteiger partial charge in [0.15, 0.2) is 5.78 Å². The Labute approximate surface area is 150 Å². The molecule has 1 aromatic carbocycles. The van der Waals surface area contributed by atoms with Crippen molar-refractivity contribution in [3.8, 4) is 6.07 Å². The first-order chi connectivity index (χ1) is 12.1. The van der Waals surface area contributed by atoms with Gasteiger partial charge >= 0.3 is 0 Å². The van der Waals surface area contributed by atoms with Gasteiger partial charge in [0.1, 0.15) is 17.4 Å². The Hall–Kier alpha value is -3.14. The van der Waals surface area contributed by atoms with Crippen LogP contribution in [0.3, 0.4) is 0 Å². The smallest absolute Gasteiger partial charge is 0.269 e. The van der Waals surface area contributed by atoms with Crippen LogP contribution in [0.15, 0.2) is 47.1 Å². The van der Waals surface area contributed by atoms with Gasteiger partial charge in [0.2, 0.25) is 5.88 Å². The van der Waals surface area contributed by atoms with Gasteiger partial charge in [0.05, 0.1) is 10.3 Å². The summed E-state index contributed by atoms with van der Waals surface area (Å²) < 4.78 is 5.66. The molecule has 0 aromatic heterocycles. The van der Waals surface area contributed by atoms with Crippen LogP contribution in [0.4, 0.5) is 5.69 Å². The number of ketones is 1. The Morgan fingerprint density at radius 3 is 2.38 bits per heavy atom. The summed E-state index contributed by atoms with van der Waals surface area (Å²) in [5, 5.41) is 20.6. The molecule has 0 bridgehead atoms. The van der Waals surface area contributed by atoms with E-state index in [1.165, 1.54) is 12.1 Å². The van der Waals surface area contributed by atoms with E-state index in [0.717, 1.165) is 0 Å². The van der Waals surface area contributed by atoms with Crippen LogP contribution < -0.4 is 5.73 Å². The summed E-state index contributed by atoms with van der Waals surface area (Å²) in [6.45, 7) is 5.69. The van der Waals surface area contributed by atoms with Gasteiger partial charge in [-0.05, 0) is 17.9 Å². The van der Waals surface area contributed by atoms with Crippen molar-refractivity contribution in [3.63, 3.8) is 0 Å². The third-order valence-corrected chi connectivity index (χ3v) is 5.08. The molecule has 2 aliphatic rings. The van der Waals surface area contributed by atoms with Gasteiger partial charge in [-0.3, -0.25) is 14.9 Å². The highest BCUT2D eigenvalue weighted by Crippen LogP contribution is 2.51. The molecule has 134 valence electrons. The molecule has 1 heterocycles. The van der Waals surface area contributed by atoms with E-state index >= 15 is 0 Å². The van der Waals surface area contributed by atoms with E-state index in [4.69, 9.17) is 10.5 Å². The quantitative estimate of drug-likeness (QED) is 0.644. The van der Waals surface area contributed by atoms with Gasteiger partial charge in [0, 0.05) is 30.5 Å². The third kappa shape index (κ3) is 2.54. The molecule has 0 spiro atoms. The first-order valence-corrected chi connectivity index (χ1v) is 8.20. The molecule has 7 heteroatoms. The highest BCUT2D eigenvalue weighted by molar-refractivity contribution is 6.01. The molecule has 1 aliphatic heterocycles. The molecule has 1 atom stereocenters. The number of nitriles is 1. The van der Waals surface area contributed by atoms with Crippen LogP contribution >= 0.6 is 0 Å². The maximum atomic E-state index is 13.0. The zero-order valence-corrected chi connectivity index (χ0v) is 14.8. The van der Waals surface area contributed by atoms with Crippen LogP contribution in [0.2, 0.25) is 0 Å². The average molecular weight is 353 g/mol. The number of carbonyl (C=O) groups excluding carboxylic acids is 1. The standard InChI is InChI=1S/C19H19N3O4/c1-18(2)8-14(23)16-15(9-18)26-17(21)13(10-20)19(16,3)11-4-6-12(7-5-11)22(24)25/h4-7H,8-9,21H2,1-3H3. The fourth-order valence-electron chi connectivity index (χ4n) is 3.84. The molecule has 7 nitrogen and oxygen atoms in total. The van der Waals surface area contributed by atoms with Crippen molar-refractivity contribution in [1.82, 2.24) is 0 Å². The lowest BCUT2D eigenvalue weighted by atomic mass is 9.63. The van der Waals surface area contributed by atoms with E-state index in [1.807, 2.05) is 13.8 Å². The monoisotopic (exact) mass is 353 g/mol. The van der Waals surface area contributed by atoms with E-state index in [-0.39, 0.29) is 28.3 Å². The first kappa shape index (κ1) is 17.7. The summed E-state index contributed by atoms with van der Waals surface area (Å²) in [6.07, 6.45) is 0.854. The number of Topliss-reactive ketones (excluding diaryl/α,β-unsaturated/α-hetero) is 1.